The van der Waals surface area contributed by atoms with E-state index in [4.69, 9.17) is 9.84 Å². The molecule has 0 unspecified atom stereocenters. The molecule has 0 aromatic heterocycles. The average molecular weight is 235 g/mol. The smallest absolute Gasteiger partial charge is 0.119 e. The molecule has 3 heteroatoms. The van der Waals surface area contributed by atoms with Crippen molar-refractivity contribution in [3.63, 3.8) is 0 Å². The van der Waals surface area contributed by atoms with Gasteiger partial charge in [0.05, 0.1) is 6.10 Å². The molecule has 0 aliphatic heterocycles. The second-order valence-corrected chi connectivity index (χ2v) is 4.69. The van der Waals surface area contributed by atoms with E-state index in [-0.39, 0.29) is 6.10 Å². The molecule has 1 aliphatic rings. The van der Waals surface area contributed by atoms with E-state index in [1.165, 1.54) is 30.4 Å². The Balaban J connectivity index is 1.72. The van der Waals surface area contributed by atoms with Crippen molar-refractivity contribution in [3.8, 4) is 5.75 Å². The Kier molecular flexibility index (Phi) is 4.40. The summed E-state index contributed by atoms with van der Waals surface area (Å²) in [5.74, 6) is 0.962. The summed E-state index contributed by atoms with van der Waals surface area (Å²) in [6.07, 6.45) is 3.38. The SMILES string of the molecule is C[C@H](O)CNCCOc1ccc2c(c1)CCC2. The highest BCUT2D eigenvalue weighted by molar-refractivity contribution is 5.38. The van der Waals surface area contributed by atoms with Gasteiger partial charge in [-0.15, -0.1) is 0 Å². The lowest BCUT2D eigenvalue weighted by molar-refractivity contribution is 0.188. The summed E-state index contributed by atoms with van der Waals surface area (Å²) in [5, 5.41) is 12.2. The van der Waals surface area contributed by atoms with E-state index in [0.29, 0.717) is 13.2 Å². The zero-order valence-electron chi connectivity index (χ0n) is 10.4. The second kappa shape index (κ2) is 6.03. The molecule has 2 rings (SSSR count). The van der Waals surface area contributed by atoms with Crippen molar-refractivity contribution in [2.45, 2.75) is 32.3 Å². The molecule has 2 N–H and O–H groups in total. The molecule has 0 saturated carbocycles. The molecule has 0 amide bonds. The number of hydrogen-bond donors (Lipinski definition) is 2. The minimum absolute atomic E-state index is 0.296. The van der Waals surface area contributed by atoms with Gasteiger partial charge in [-0.1, -0.05) is 6.07 Å². The minimum atomic E-state index is -0.296. The number of rotatable bonds is 6. The quantitative estimate of drug-likeness (QED) is 0.735. The van der Waals surface area contributed by atoms with E-state index in [0.717, 1.165) is 12.3 Å². The van der Waals surface area contributed by atoms with Gasteiger partial charge in [-0.3, -0.25) is 0 Å². The maximum atomic E-state index is 9.07. The third-order valence-electron chi connectivity index (χ3n) is 3.06. The van der Waals surface area contributed by atoms with E-state index in [1.54, 1.807) is 6.92 Å². The zero-order valence-corrected chi connectivity index (χ0v) is 10.4. The average Bonchev–Trinajstić information content (AvgIpc) is 2.75. The molecule has 94 valence electrons. The number of fused-ring (bicyclic) bond motifs is 1. The molecule has 0 radical (unpaired) electrons. The van der Waals surface area contributed by atoms with Gasteiger partial charge in [0, 0.05) is 13.1 Å². The molecule has 0 heterocycles. The summed E-state index contributed by atoms with van der Waals surface area (Å²) in [6.45, 7) is 3.80. The van der Waals surface area contributed by atoms with Gasteiger partial charge in [0.2, 0.25) is 0 Å². The normalized spacial score (nSPS) is 15.6. The second-order valence-electron chi connectivity index (χ2n) is 4.69. The maximum absolute atomic E-state index is 9.07. The van der Waals surface area contributed by atoms with Crippen molar-refractivity contribution >= 4 is 0 Å². The van der Waals surface area contributed by atoms with E-state index in [2.05, 4.69) is 23.5 Å². The van der Waals surface area contributed by atoms with Crippen LogP contribution in [0.1, 0.15) is 24.5 Å². The number of ether oxygens (including phenoxy) is 1. The maximum Gasteiger partial charge on any atom is 0.119 e. The van der Waals surface area contributed by atoms with E-state index >= 15 is 0 Å². The van der Waals surface area contributed by atoms with E-state index < -0.39 is 0 Å². The molecular weight excluding hydrogens is 214 g/mol. The summed E-state index contributed by atoms with van der Waals surface area (Å²) in [7, 11) is 0. The molecule has 0 fully saturated rings. The van der Waals surface area contributed by atoms with Crippen molar-refractivity contribution in [2.24, 2.45) is 0 Å². The van der Waals surface area contributed by atoms with Gasteiger partial charge in [-0.05, 0) is 49.4 Å². The van der Waals surface area contributed by atoms with Crippen molar-refractivity contribution in [3.05, 3.63) is 29.3 Å². The monoisotopic (exact) mass is 235 g/mol. The van der Waals surface area contributed by atoms with E-state index in [1.807, 2.05) is 0 Å². The van der Waals surface area contributed by atoms with Gasteiger partial charge in [-0.2, -0.15) is 0 Å². The van der Waals surface area contributed by atoms with Crippen LogP contribution in [0.15, 0.2) is 18.2 Å². The first kappa shape index (κ1) is 12.4. The van der Waals surface area contributed by atoms with Crippen LogP contribution < -0.4 is 10.1 Å². The number of aliphatic hydroxyl groups excluding tert-OH is 1. The standard InChI is InChI=1S/C14H21NO2/c1-11(16)10-15-7-8-17-14-6-5-12-3-2-4-13(12)9-14/h5-6,9,11,15-16H,2-4,7-8,10H2,1H3/t11-/m0/s1. The lowest BCUT2D eigenvalue weighted by atomic mass is 10.1. The Bertz CT molecular complexity index is 363. The molecule has 0 saturated heterocycles. The lowest BCUT2D eigenvalue weighted by Gasteiger charge is -2.10. The van der Waals surface area contributed by atoms with Gasteiger partial charge >= 0.3 is 0 Å². The summed E-state index contributed by atoms with van der Waals surface area (Å²) in [6, 6.07) is 6.40. The predicted molar refractivity (Wildman–Crippen MR) is 68.5 cm³/mol. The number of benzene rings is 1. The highest BCUT2D eigenvalue weighted by atomic mass is 16.5. The predicted octanol–water partition coefficient (Wildman–Crippen LogP) is 1.52. The topological polar surface area (TPSA) is 41.5 Å². The van der Waals surface area contributed by atoms with E-state index in [9.17, 15) is 0 Å². The van der Waals surface area contributed by atoms with Crippen LogP contribution in [0.2, 0.25) is 0 Å². The first-order valence-corrected chi connectivity index (χ1v) is 6.39. The van der Waals surface area contributed by atoms with Crippen LogP contribution in [-0.2, 0) is 12.8 Å². The van der Waals surface area contributed by atoms with Crippen molar-refractivity contribution in [1.29, 1.82) is 0 Å². The fraction of sp³-hybridized carbons (Fsp3) is 0.571. The Labute approximate surface area is 103 Å². The minimum Gasteiger partial charge on any atom is -0.492 e. The zero-order chi connectivity index (χ0) is 12.1. The molecule has 1 aromatic carbocycles. The number of aryl methyl sites for hydroxylation is 2. The van der Waals surface area contributed by atoms with Crippen molar-refractivity contribution in [1.82, 2.24) is 5.32 Å². The third-order valence-corrected chi connectivity index (χ3v) is 3.06. The fourth-order valence-corrected chi connectivity index (χ4v) is 2.19. The molecule has 0 bridgehead atoms. The Morgan fingerprint density at radius 2 is 2.18 bits per heavy atom. The molecule has 17 heavy (non-hydrogen) atoms. The van der Waals surface area contributed by atoms with Gasteiger partial charge in [0.15, 0.2) is 0 Å². The first-order valence-electron chi connectivity index (χ1n) is 6.39. The summed E-state index contributed by atoms with van der Waals surface area (Å²) in [4.78, 5) is 0. The highest BCUT2D eigenvalue weighted by Gasteiger charge is 2.10. The number of nitrogens with one attached hydrogen (secondary N) is 1. The summed E-state index contributed by atoms with van der Waals surface area (Å²) in [5.41, 5.74) is 2.92. The number of aliphatic hydroxyl groups is 1. The van der Waals surface area contributed by atoms with Crippen LogP contribution in [0, 0.1) is 0 Å². The first-order chi connectivity index (χ1) is 8.25. The van der Waals surface area contributed by atoms with Gasteiger partial charge < -0.3 is 15.2 Å². The fourth-order valence-electron chi connectivity index (χ4n) is 2.19. The van der Waals surface area contributed by atoms with Gasteiger partial charge in [0.1, 0.15) is 12.4 Å². The molecular formula is C14H21NO2. The van der Waals surface area contributed by atoms with Crippen LogP contribution in [0.5, 0.6) is 5.75 Å². The summed E-state index contributed by atoms with van der Waals surface area (Å²) < 4.78 is 5.67. The number of hydrogen-bond acceptors (Lipinski definition) is 3. The van der Waals surface area contributed by atoms with Gasteiger partial charge in [-0.25, -0.2) is 0 Å². The third kappa shape index (κ3) is 3.72. The Hall–Kier alpha value is -1.06. The van der Waals surface area contributed by atoms with Crippen LogP contribution >= 0.6 is 0 Å². The molecule has 1 aromatic rings. The van der Waals surface area contributed by atoms with Gasteiger partial charge in [0.25, 0.3) is 0 Å². The lowest BCUT2D eigenvalue weighted by Crippen LogP contribution is -2.28. The Morgan fingerprint density at radius 3 is 3.00 bits per heavy atom. The van der Waals surface area contributed by atoms with Crippen LogP contribution in [-0.4, -0.2) is 30.9 Å². The van der Waals surface area contributed by atoms with Crippen LogP contribution in [0.4, 0.5) is 0 Å². The molecule has 1 atom stereocenters. The Morgan fingerprint density at radius 1 is 1.35 bits per heavy atom. The molecule has 1 aliphatic carbocycles. The molecule has 3 nitrogen and oxygen atoms in total. The van der Waals surface area contributed by atoms with Crippen LogP contribution in [0.3, 0.4) is 0 Å². The largest absolute Gasteiger partial charge is 0.492 e. The van der Waals surface area contributed by atoms with Crippen molar-refractivity contribution in [2.75, 3.05) is 19.7 Å². The summed E-state index contributed by atoms with van der Waals surface area (Å²) >= 11 is 0. The van der Waals surface area contributed by atoms with Crippen LogP contribution in [0.25, 0.3) is 0 Å². The molecule has 0 spiro atoms. The highest BCUT2D eigenvalue weighted by Crippen LogP contribution is 2.25. The van der Waals surface area contributed by atoms with Crippen molar-refractivity contribution < 1.29 is 9.84 Å².